The zero-order chi connectivity index (χ0) is 19.3. The first-order valence-electron chi connectivity index (χ1n) is 9.80. The number of hydrogen-bond donors (Lipinski definition) is 1. The molecule has 2 aromatic heterocycles. The highest BCUT2D eigenvalue weighted by Crippen LogP contribution is 2.26. The summed E-state index contributed by atoms with van der Waals surface area (Å²) in [6.07, 6.45) is 6.83. The standard InChI is InChI=1S/C21H25N5OS/c1-16-8-10-17(11-9-16)15-22-19(27)18-7-6-14-26(18)21-24-23-20(28-21)25-12-4-2-3-5-13-25/h6-11,14H,2-5,12-13,15H2,1H3,(H,22,27). The van der Waals surface area contributed by atoms with Gasteiger partial charge in [-0.15, -0.1) is 10.2 Å². The number of rotatable bonds is 5. The van der Waals surface area contributed by atoms with Crippen molar-refractivity contribution in [2.45, 2.75) is 39.2 Å². The monoisotopic (exact) mass is 395 g/mol. The average molecular weight is 396 g/mol. The molecule has 1 aliphatic heterocycles. The maximum atomic E-state index is 12.7. The van der Waals surface area contributed by atoms with Gasteiger partial charge in [0.25, 0.3) is 5.91 Å². The van der Waals surface area contributed by atoms with Gasteiger partial charge < -0.3 is 10.2 Å². The SMILES string of the molecule is Cc1ccc(CNC(=O)c2cccn2-c2nnc(N3CCCCCC3)s2)cc1. The number of aromatic nitrogens is 3. The van der Waals surface area contributed by atoms with Gasteiger partial charge >= 0.3 is 0 Å². The minimum absolute atomic E-state index is 0.114. The van der Waals surface area contributed by atoms with E-state index in [0.717, 1.165) is 28.9 Å². The van der Waals surface area contributed by atoms with E-state index in [4.69, 9.17) is 0 Å². The van der Waals surface area contributed by atoms with E-state index in [1.807, 2.05) is 35.0 Å². The first-order valence-corrected chi connectivity index (χ1v) is 10.6. The van der Waals surface area contributed by atoms with E-state index in [9.17, 15) is 4.79 Å². The maximum absolute atomic E-state index is 12.7. The van der Waals surface area contributed by atoms with Gasteiger partial charge in [0.15, 0.2) is 0 Å². The molecule has 0 saturated carbocycles. The Morgan fingerprint density at radius 1 is 1.04 bits per heavy atom. The van der Waals surface area contributed by atoms with Crippen LogP contribution in [0.4, 0.5) is 5.13 Å². The summed E-state index contributed by atoms with van der Waals surface area (Å²) < 4.78 is 1.82. The summed E-state index contributed by atoms with van der Waals surface area (Å²) in [7, 11) is 0. The van der Waals surface area contributed by atoms with Crippen LogP contribution in [0.1, 0.15) is 47.3 Å². The summed E-state index contributed by atoms with van der Waals surface area (Å²) in [6, 6.07) is 11.9. The Morgan fingerprint density at radius 2 is 1.75 bits per heavy atom. The highest BCUT2D eigenvalue weighted by molar-refractivity contribution is 7.17. The topological polar surface area (TPSA) is 63.1 Å². The van der Waals surface area contributed by atoms with Crippen LogP contribution in [-0.2, 0) is 6.54 Å². The molecule has 3 aromatic rings. The van der Waals surface area contributed by atoms with E-state index < -0.39 is 0 Å². The Kier molecular flexibility index (Phi) is 5.71. The van der Waals surface area contributed by atoms with E-state index in [1.54, 1.807) is 11.3 Å². The Balaban J connectivity index is 1.46. The Morgan fingerprint density at radius 3 is 2.50 bits per heavy atom. The lowest BCUT2D eigenvalue weighted by Crippen LogP contribution is -2.25. The quantitative estimate of drug-likeness (QED) is 0.711. The predicted molar refractivity (Wildman–Crippen MR) is 112 cm³/mol. The number of carbonyl (C=O) groups excluding carboxylic acids is 1. The van der Waals surface area contributed by atoms with Crippen molar-refractivity contribution in [1.82, 2.24) is 20.1 Å². The average Bonchev–Trinajstić information content (AvgIpc) is 3.31. The molecule has 28 heavy (non-hydrogen) atoms. The molecule has 1 aromatic carbocycles. The van der Waals surface area contributed by atoms with Gasteiger partial charge in [0.2, 0.25) is 10.3 Å². The first kappa shape index (κ1) is 18.7. The normalized spacial score (nSPS) is 14.7. The van der Waals surface area contributed by atoms with Crippen LogP contribution in [0.25, 0.3) is 5.13 Å². The summed E-state index contributed by atoms with van der Waals surface area (Å²) in [4.78, 5) is 15.0. The van der Waals surface area contributed by atoms with Crippen LogP contribution in [-0.4, -0.2) is 33.8 Å². The third kappa shape index (κ3) is 4.25. The minimum atomic E-state index is -0.114. The fourth-order valence-electron chi connectivity index (χ4n) is 3.41. The second-order valence-corrected chi connectivity index (χ2v) is 8.13. The van der Waals surface area contributed by atoms with Crippen LogP contribution in [0.15, 0.2) is 42.6 Å². The number of amides is 1. The third-order valence-corrected chi connectivity index (χ3v) is 6.02. The van der Waals surface area contributed by atoms with Crippen molar-refractivity contribution in [3.8, 4) is 5.13 Å². The summed E-state index contributed by atoms with van der Waals surface area (Å²) >= 11 is 1.54. The van der Waals surface area contributed by atoms with Crippen molar-refractivity contribution in [2.75, 3.05) is 18.0 Å². The van der Waals surface area contributed by atoms with Gasteiger partial charge in [-0.1, -0.05) is 54.0 Å². The molecular weight excluding hydrogens is 370 g/mol. The molecule has 0 atom stereocenters. The van der Waals surface area contributed by atoms with Crippen molar-refractivity contribution < 1.29 is 4.79 Å². The summed E-state index contributed by atoms with van der Waals surface area (Å²) in [5.74, 6) is -0.114. The number of hydrogen-bond acceptors (Lipinski definition) is 5. The molecule has 3 heterocycles. The number of anilines is 1. The number of nitrogens with zero attached hydrogens (tertiary/aromatic N) is 4. The van der Waals surface area contributed by atoms with Gasteiger partial charge in [0, 0.05) is 25.8 Å². The Labute approximate surface area is 169 Å². The van der Waals surface area contributed by atoms with Gasteiger partial charge in [-0.05, 0) is 37.5 Å². The van der Waals surface area contributed by atoms with Crippen LogP contribution in [0.5, 0.6) is 0 Å². The lowest BCUT2D eigenvalue weighted by molar-refractivity contribution is 0.0944. The second-order valence-electron chi connectivity index (χ2n) is 7.20. The van der Waals surface area contributed by atoms with Crippen molar-refractivity contribution in [2.24, 2.45) is 0 Å². The molecule has 0 spiro atoms. The van der Waals surface area contributed by atoms with Crippen molar-refractivity contribution in [1.29, 1.82) is 0 Å². The molecule has 1 N–H and O–H groups in total. The highest BCUT2D eigenvalue weighted by Gasteiger charge is 2.18. The van der Waals surface area contributed by atoms with Gasteiger partial charge in [0.05, 0.1) is 0 Å². The first-order chi connectivity index (χ1) is 13.7. The number of carbonyl (C=O) groups is 1. The summed E-state index contributed by atoms with van der Waals surface area (Å²) in [5.41, 5.74) is 2.86. The second kappa shape index (κ2) is 8.56. The lowest BCUT2D eigenvalue weighted by Gasteiger charge is -2.17. The highest BCUT2D eigenvalue weighted by atomic mass is 32.1. The molecule has 0 bridgehead atoms. The molecule has 1 aliphatic rings. The minimum Gasteiger partial charge on any atom is -0.347 e. The maximum Gasteiger partial charge on any atom is 0.268 e. The molecule has 0 unspecified atom stereocenters. The predicted octanol–water partition coefficient (Wildman–Crippen LogP) is 3.95. The lowest BCUT2D eigenvalue weighted by atomic mass is 10.1. The molecule has 7 heteroatoms. The molecule has 1 saturated heterocycles. The largest absolute Gasteiger partial charge is 0.347 e. The molecule has 146 valence electrons. The van der Waals surface area contributed by atoms with Crippen LogP contribution < -0.4 is 10.2 Å². The zero-order valence-electron chi connectivity index (χ0n) is 16.1. The van der Waals surface area contributed by atoms with E-state index in [2.05, 4.69) is 39.5 Å². The third-order valence-electron chi connectivity index (χ3n) is 5.04. The van der Waals surface area contributed by atoms with Crippen LogP contribution in [0, 0.1) is 6.92 Å². The Hall–Kier alpha value is -2.67. The smallest absolute Gasteiger partial charge is 0.268 e. The van der Waals surface area contributed by atoms with Gasteiger partial charge in [-0.3, -0.25) is 9.36 Å². The van der Waals surface area contributed by atoms with E-state index in [1.165, 1.54) is 31.2 Å². The van der Waals surface area contributed by atoms with Crippen LogP contribution >= 0.6 is 11.3 Å². The van der Waals surface area contributed by atoms with E-state index in [0.29, 0.717) is 12.2 Å². The molecule has 6 nitrogen and oxygen atoms in total. The summed E-state index contributed by atoms with van der Waals surface area (Å²) in [5, 5.41) is 13.4. The molecule has 0 radical (unpaired) electrons. The van der Waals surface area contributed by atoms with Gasteiger partial charge in [-0.25, -0.2) is 0 Å². The van der Waals surface area contributed by atoms with Crippen molar-refractivity contribution in [3.05, 3.63) is 59.4 Å². The van der Waals surface area contributed by atoms with Crippen molar-refractivity contribution >= 4 is 22.4 Å². The van der Waals surface area contributed by atoms with Crippen LogP contribution in [0.3, 0.4) is 0 Å². The Bertz CT molecular complexity index is 922. The number of benzene rings is 1. The molecular formula is C21H25N5OS. The zero-order valence-corrected chi connectivity index (χ0v) is 16.9. The number of aryl methyl sites for hydroxylation is 1. The fraction of sp³-hybridized carbons (Fsp3) is 0.381. The molecule has 1 amide bonds. The van der Waals surface area contributed by atoms with Gasteiger partial charge in [0.1, 0.15) is 5.69 Å². The number of nitrogens with one attached hydrogen (secondary N) is 1. The molecule has 1 fully saturated rings. The summed E-state index contributed by atoms with van der Waals surface area (Å²) in [6.45, 7) is 4.62. The van der Waals surface area contributed by atoms with Crippen LogP contribution in [0.2, 0.25) is 0 Å². The van der Waals surface area contributed by atoms with E-state index in [-0.39, 0.29) is 5.91 Å². The fourth-order valence-corrected chi connectivity index (χ4v) is 4.30. The molecule has 0 aliphatic carbocycles. The van der Waals surface area contributed by atoms with Crippen molar-refractivity contribution in [3.63, 3.8) is 0 Å². The van der Waals surface area contributed by atoms with Gasteiger partial charge in [-0.2, -0.15) is 0 Å². The van der Waals surface area contributed by atoms with E-state index >= 15 is 0 Å². The molecule has 4 rings (SSSR count).